The van der Waals surface area contributed by atoms with Gasteiger partial charge in [0, 0.05) is 37.9 Å². The van der Waals surface area contributed by atoms with E-state index in [4.69, 9.17) is 0 Å². The molecule has 2 amide bonds. The molecule has 1 aliphatic heterocycles. The van der Waals surface area contributed by atoms with E-state index in [1.54, 1.807) is 12.5 Å². The molecule has 0 unspecified atom stereocenters. The van der Waals surface area contributed by atoms with Crippen molar-refractivity contribution in [2.75, 3.05) is 19.6 Å². The minimum absolute atomic E-state index is 0.0754. The summed E-state index contributed by atoms with van der Waals surface area (Å²) in [7, 11) is 0. The number of aromatic amines is 1. The van der Waals surface area contributed by atoms with Crippen LogP contribution in [0.2, 0.25) is 0 Å². The van der Waals surface area contributed by atoms with Crippen molar-refractivity contribution in [2.45, 2.75) is 32.1 Å². The van der Waals surface area contributed by atoms with Crippen LogP contribution in [0.15, 0.2) is 12.5 Å². The average Bonchev–Trinajstić information content (AvgIpc) is 2.69. The summed E-state index contributed by atoms with van der Waals surface area (Å²) in [5.41, 5.74) is 1.06. The normalized spacial score (nSPS) is 16.6. The SMILES string of the molecule is O=C(NCCc1cnc[nH]1)N1CCCCCC1. The maximum absolute atomic E-state index is 11.9. The summed E-state index contributed by atoms with van der Waals surface area (Å²) in [5.74, 6) is 0. The lowest BCUT2D eigenvalue weighted by atomic mass is 10.2. The third-order valence-corrected chi connectivity index (χ3v) is 3.12. The van der Waals surface area contributed by atoms with Crippen LogP contribution in [-0.2, 0) is 6.42 Å². The quantitative estimate of drug-likeness (QED) is 0.836. The Morgan fingerprint density at radius 1 is 1.35 bits per heavy atom. The summed E-state index contributed by atoms with van der Waals surface area (Å²) in [4.78, 5) is 20.8. The maximum atomic E-state index is 11.9. The zero-order chi connectivity index (χ0) is 11.9. The first-order valence-electron chi connectivity index (χ1n) is 6.36. The van der Waals surface area contributed by atoms with Gasteiger partial charge >= 0.3 is 6.03 Å². The Balaban J connectivity index is 1.69. The summed E-state index contributed by atoms with van der Waals surface area (Å²) in [6.45, 7) is 2.46. The van der Waals surface area contributed by atoms with Crippen molar-refractivity contribution < 1.29 is 4.79 Å². The van der Waals surface area contributed by atoms with Gasteiger partial charge in [-0.3, -0.25) is 0 Å². The molecule has 0 radical (unpaired) electrons. The number of imidazole rings is 1. The van der Waals surface area contributed by atoms with Crippen molar-refractivity contribution >= 4 is 6.03 Å². The maximum Gasteiger partial charge on any atom is 0.317 e. The molecule has 2 rings (SSSR count). The molecule has 0 atom stereocenters. The Labute approximate surface area is 102 Å². The molecule has 17 heavy (non-hydrogen) atoms. The number of H-pyrrole nitrogens is 1. The van der Waals surface area contributed by atoms with Crippen molar-refractivity contribution in [2.24, 2.45) is 0 Å². The van der Waals surface area contributed by atoms with E-state index in [0.29, 0.717) is 6.54 Å². The van der Waals surface area contributed by atoms with E-state index in [-0.39, 0.29) is 6.03 Å². The van der Waals surface area contributed by atoms with E-state index in [1.807, 2.05) is 4.90 Å². The molecule has 94 valence electrons. The number of carbonyl (C=O) groups is 1. The number of hydrogen-bond acceptors (Lipinski definition) is 2. The van der Waals surface area contributed by atoms with Gasteiger partial charge in [0.2, 0.25) is 0 Å². The zero-order valence-corrected chi connectivity index (χ0v) is 10.1. The molecule has 1 aliphatic rings. The molecule has 1 fully saturated rings. The van der Waals surface area contributed by atoms with Gasteiger partial charge in [-0.1, -0.05) is 12.8 Å². The highest BCUT2D eigenvalue weighted by Gasteiger charge is 2.14. The molecule has 5 heteroatoms. The average molecular weight is 236 g/mol. The second-order valence-corrected chi connectivity index (χ2v) is 4.46. The van der Waals surface area contributed by atoms with Crippen LogP contribution < -0.4 is 5.32 Å². The van der Waals surface area contributed by atoms with Crippen LogP contribution in [0.3, 0.4) is 0 Å². The molecular formula is C12H20N4O. The van der Waals surface area contributed by atoms with Gasteiger partial charge in [0.25, 0.3) is 0 Å². The summed E-state index contributed by atoms with van der Waals surface area (Å²) in [5, 5.41) is 2.96. The van der Waals surface area contributed by atoms with Crippen molar-refractivity contribution in [1.82, 2.24) is 20.2 Å². The van der Waals surface area contributed by atoms with Crippen LogP contribution in [0.4, 0.5) is 4.79 Å². The standard InChI is InChI=1S/C12H20N4O/c17-12(16-7-3-1-2-4-8-16)14-6-5-11-9-13-10-15-11/h9-10H,1-8H2,(H,13,15)(H,14,17). The predicted octanol–water partition coefficient (Wildman–Crippen LogP) is 1.54. The number of hydrogen-bond donors (Lipinski definition) is 2. The Kier molecular flexibility index (Phi) is 4.41. The fourth-order valence-electron chi connectivity index (χ4n) is 2.11. The van der Waals surface area contributed by atoms with Gasteiger partial charge in [-0.05, 0) is 12.8 Å². The molecule has 1 saturated heterocycles. The first-order chi connectivity index (χ1) is 8.36. The van der Waals surface area contributed by atoms with Crippen LogP contribution in [0, 0.1) is 0 Å². The Morgan fingerprint density at radius 2 is 2.12 bits per heavy atom. The van der Waals surface area contributed by atoms with Gasteiger partial charge in [0.05, 0.1) is 6.33 Å². The molecule has 0 saturated carbocycles. The lowest BCUT2D eigenvalue weighted by Gasteiger charge is -2.20. The van der Waals surface area contributed by atoms with Gasteiger partial charge < -0.3 is 15.2 Å². The van der Waals surface area contributed by atoms with E-state index in [0.717, 1.165) is 38.0 Å². The number of likely N-dealkylation sites (tertiary alicyclic amines) is 1. The highest BCUT2D eigenvalue weighted by molar-refractivity contribution is 5.74. The number of urea groups is 1. The summed E-state index contributed by atoms with van der Waals surface area (Å²) < 4.78 is 0. The Morgan fingerprint density at radius 3 is 2.76 bits per heavy atom. The smallest absolute Gasteiger partial charge is 0.317 e. The third-order valence-electron chi connectivity index (χ3n) is 3.12. The molecule has 0 spiro atoms. The molecule has 5 nitrogen and oxygen atoms in total. The molecule has 2 heterocycles. The minimum atomic E-state index is 0.0754. The number of amides is 2. The Hall–Kier alpha value is -1.52. The number of carbonyl (C=O) groups excluding carboxylic acids is 1. The van der Waals surface area contributed by atoms with E-state index < -0.39 is 0 Å². The highest BCUT2D eigenvalue weighted by Crippen LogP contribution is 2.09. The first kappa shape index (κ1) is 12.0. The summed E-state index contributed by atoms with van der Waals surface area (Å²) >= 11 is 0. The zero-order valence-electron chi connectivity index (χ0n) is 10.1. The molecule has 2 N–H and O–H groups in total. The molecular weight excluding hydrogens is 216 g/mol. The highest BCUT2D eigenvalue weighted by atomic mass is 16.2. The number of rotatable bonds is 3. The third kappa shape index (κ3) is 3.76. The number of nitrogens with one attached hydrogen (secondary N) is 2. The van der Waals surface area contributed by atoms with Gasteiger partial charge in [0.1, 0.15) is 0 Å². The van der Waals surface area contributed by atoms with Gasteiger partial charge in [0.15, 0.2) is 0 Å². The molecule has 0 aliphatic carbocycles. The largest absolute Gasteiger partial charge is 0.348 e. The van der Waals surface area contributed by atoms with E-state index in [9.17, 15) is 4.79 Å². The van der Waals surface area contributed by atoms with Crippen molar-refractivity contribution in [1.29, 1.82) is 0 Å². The van der Waals surface area contributed by atoms with E-state index in [1.165, 1.54) is 12.8 Å². The number of aromatic nitrogens is 2. The van der Waals surface area contributed by atoms with E-state index >= 15 is 0 Å². The van der Waals surface area contributed by atoms with Gasteiger partial charge in [-0.25, -0.2) is 9.78 Å². The topological polar surface area (TPSA) is 61.0 Å². The minimum Gasteiger partial charge on any atom is -0.348 e. The molecule has 1 aromatic rings. The fourth-order valence-corrected chi connectivity index (χ4v) is 2.11. The van der Waals surface area contributed by atoms with Crippen LogP contribution in [0.5, 0.6) is 0 Å². The lowest BCUT2D eigenvalue weighted by molar-refractivity contribution is 0.200. The van der Waals surface area contributed by atoms with Gasteiger partial charge in [-0.2, -0.15) is 0 Å². The molecule has 1 aromatic heterocycles. The first-order valence-corrected chi connectivity index (χ1v) is 6.36. The fraction of sp³-hybridized carbons (Fsp3) is 0.667. The lowest BCUT2D eigenvalue weighted by Crippen LogP contribution is -2.41. The molecule has 0 aromatic carbocycles. The number of nitrogens with zero attached hydrogens (tertiary/aromatic N) is 2. The molecule has 0 bridgehead atoms. The second kappa shape index (κ2) is 6.27. The van der Waals surface area contributed by atoms with Crippen LogP contribution in [-0.4, -0.2) is 40.5 Å². The predicted molar refractivity (Wildman–Crippen MR) is 65.7 cm³/mol. The summed E-state index contributed by atoms with van der Waals surface area (Å²) in [6.07, 6.45) is 9.02. The summed E-state index contributed by atoms with van der Waals surface area (Å²) in [6, 6.07) is 0.0754. The van der Waals surface area contributed by atoms with Crippen molar-refractivity contribution in [3.8, 4) is 0 Å². The van der Waals surface area contributed by atoms with Crippen LogP contribution in [0.25, 0.3) is 0 Å². The Bertz CT molecular complexity index is 328. The van der Waals surface area contributed by atoms with Crippen LogP contribution in [0.1, 0.15) is 31.4 Å². The monoisotopic (exact) mass is 236 g/mol. The van der Waals surface area contributed by atoms with Gasteiger partial charge in [-0.15, -0.1) is 0 Å². The van der Waals surface area contributed by atoms with Crippen LogP contribution >= 0.6 is 0 Å². The van der Waals surface area contributed by atoms with E-state index in [2.05, 4.69) is 15.3 Å². The van der Waals surface area contributed by atoms with Crippen molar-refractivity contribution in [3.05, 3.63) is 18.2 Å². The van der Waals surface area contributed by atoms with Crippen molar-refractivity contribution in [3.63, 3.8) is 0 Å². The second-order valence-electron chi connectivity index (χ2n) is 4.46.